The van der Waals surface area contributed by atoms with Crippen LogP contribution >= 0.6 is 15.9 Å². The molecule has 0 aliphatic heterocycles. The van der Waals surface area contributed by atoms with Gasteiger partial charge in [0.05, 0.1) is 20.3 Å². The second-order valence-corrected chi connectivity index (χ2v) is 5.89. The zero-order valence-corrected chi connectivity index (χ0v) is 14.0. The van der Waals surface area contributed by atoms with E-state index in [0.717, 1.165) is 21.3 Å². The Labute approximate surface area is 138 Å². The third kappa shape index (κ3) is 3.32. The summed E-state index contributed by atoms with van der Waals surface area (Å²) in [5.74, 6) is 0.862. The van der Waals surface area contributed by atoms with E-state index in [-0.39, 0.29) is 0 Å². The van der Waals surface area contributed by atoms with E-state index in [1.54, 1.807) is 7.11 Å². The van der Waals surface area contributed by atoms with Crippen molar-refractivity contribution in [3.8, 4) is 5.75 Å². The Morgan fingerprint density at radius 3 is 2.41 bits per heavy atom. The molecule has 0 unspecified atom stereocenters. The lowest BCUT2D eigenvalue weighted by Gasteiger charge is -2.09. The first-order valence-corrected chi connectivity index (χ1v) is 7.94. The Morgan fingerprint density at radius 2 is 1.64 bits per heavy atom. The second-order valence-electron chi connectivity index (χ2n) is 5.10. The minimum Gasteiger partial charge on any atom is -0.497 e. The van der Waals surface area contributed by atoms with Crippen LogP contribution in [0.15, 0.2) is 65.1 Å². The number of ether oxygens (including phenoxy) is 2. The summed E-state index contributed by atoms with van der Waals surface area (Å²) in [7, 11) is 1.67. The minimum absolute atomic E-state index is 0.581. The summed E-state index contributed by atoms with van der Waals surface area (Å²) in [5, 5.41) is 2.45. The third-order valence-corrected chi connectivity index (χ3v) is 4.57. The number of hydrogen-bond acceptors (Lipinski definition) is 2. The Balaban J connectivity index is 1.67. The van der Waals surface area contributed by atoms with Crippen LogP contribution in [0.25, 0.3) is 10.8 Å². The van der Waals surface area contributed by atoms with Crippen LogP contribution < -0.4 is 4.74 Å². The number of hydrogen-bond donors (Lipinski definition) is 0. The zero-order chi connectivity index (χ0) is 15.4. The molecule has 3 aromatic carbocycles. The normalized spacial score (nSPS) is 10.8. The first kappa shape index (κ1) is 15.1. The molecule has 112 valence electrons. The molecule has 0 saturated heterocycles. The maximum Gasteiger partial charge on any atom is 0.118 e. The number of halogens is 1. The van der Waals surface area contributed by atoms with E-state index in [1.165, 1.54) is 10.8 Å². The van der Waals surface area contributed by atoms with Crippen LogP contribution in [0.4, 0.5) is 0 Å². The van der Waals surface area contributed by atoms with Gasteiger partial charge in [-0.1, -0.05) is 48.5 Å². The van der Waals surface area contributed by atoms with Crippen LogP contribution in [0.2, 0.25) is 0 Å². The van der Waals surface area contributed by atoms with Gasteiger partial charge in [0.1, 0.15) is 5.75 Å². The first-order valence-electron chi connectivity index (χ1n) is 7.15. The van der Waals surface area contributed by atoms with Crippen molar-refractivity contribution in [1.29, 1.82) is 0 Å². The molecule has 0 bridgehead atoms. The number of benzene rings is 3. The molecule has 3 heteroatoms. The first-order chi connectivity index (χ1) is 10.8. The monoisotopic (exact) mass is 356 g/mol. The van der Waals surface area contributed by atoms with Crippen LogP contribution in [-0.2, 0) is 18.0 Å². The summed E-state index contributed by atoms with van der Waals surface area (Å²) in [6, 6.07) is 20.5. The highest BCUT2D eigenvalue weighted by molar-refractivity contribution is 9.10. The largest absolute Gasteiger partial charge is 0.497 e. The van der Waals surface area contributed by atoms with Crippen LogP contribution in [0.5, 0.6) is 5.75 Å². The van der Waals surface area contributed by atoms with E-state index >= 15 is 0 Å². The molecule has 0 atom stereocenters. The summed E-state index contributed by atoms with van der Waals surface area (Å²) < 4.78 is 12.1. The molecule has 2 nitrogen and oxygen atoms in total. The lowest BCUT2D eigenvalue weighted by atomic mass is 10.1. The van der Waals surface area contributed by atoms with Crippen LogP contribution in [-0.4, -0.2) is 7.11 Å². The van der Waals surface area contributed by atoms with Gasteiger partial charge in [-0.05, 0) is 50.0 Å². The summed E-state index contributed by atoms with van der Waals surface area (Å²) in [4.78, 5) is 0. The predicted molar refractivity (Wildman–Crippen MR) is 93.1 cm³/mol. The smallest absolute Gasteiger partial charge is 0.118 e. The summed E-state index contributed by atoms with van der Waals surface area (Å²) in [5.41, 5.74) is 2.30. The minimum atomic E-state index is 0.581. The van der Waals surface area contributed by atoms with Crippen molar-refractivity contribution < 1.29 is 9.47 Å². The van der Waals surface area contributed by atoms with Crippen molar-refractivity contribution in [3.05, 3.63) is 76.3 Å². The molecule has 0 aliphatic carbocycles. The van der Waals surface area contributed by atoms with Crippen LogP contribution in [0, 0.1) is 0 Å². The highest BCUT2D eigenvalue weighted by Crippen LogP contribution is 2.28. The maximum atomic E-state index is 5.84. The van der Waals surface area contributed by atoms with Gasteiger partial charge >= 0.3 is 0 Å². The van der Waals surface area contributed by atoms with E-state index in [1.807, 2.05) is 24.3 Å². The van der Waals surface area contributed by atoms with E-state index in [9.17, 15) is 0 Å². The molecular weight excluding hydrogens is 340 g/mol. The zero-order valence-electron chi connectivity index (χ0n) is 12.4. The van der Waals surface area contributed by atoms with E-state index in [0.29, 0.717) is 13.2 Å². The van der Waals surface area contributed by atoms with Gasteiger partial charge in [-0.25, -0.2) is 0 Å². The summed E-state index contributed by atoms with van der Waals surface area (Å²) in [6.45, 7) is 1.17. The number of fused-ring (bicyclic) bond motifs is 1. The fourth-order valence-corrected chi connectivity index (χ4v) is 3.00. The van der Waals surface area contributed by atoms with Crippen molar-refractivity contribution in [3.63, 3.8) is 0 Å². The molecule has 22 heavy (non-hydrogen) atoms. The van der Waals surface area contributed by atoms with Crippen molar-refractivity contribution in [2.75, 3.05) is 7.11 Å². The summed E-state index contributed by atoms with van der Waals surface area (Å²) >= 11 is 3.69. The lowest BCUT2D eigenvalue weighted by Crippen LogP contribution is -1.96. The van der Waals surface area contributed by atoms with Gasteiger partial charge in [0.2, 0.25) is 0 Å². The van der Waals surface area contributed by atoms with Gasteiger partial charge in [0, 0.05) is 4.47 Å². The second kappa shape index (κ2) is 6.95. The fourth-order valence-electron chi connectivity index (χ4n) is 2.39. The Hall–Kier alpha value is -1.84. The molecule has 0 aliphatic rings. The van der Waals surface area contributed by atoms with Gasteiger partial charge in [-0.15, -0.1) is 0 Å². The molecule has 0 radical (unpaired) electrons. The predicted octanol–water partition coefficient (Wildman–Crippen LogP) is 5.33. The van der Waals surface area contributed by atoms with Crippen LogP contribution in [0.1, 0.15) is 11.1 Å². The number of rotatable bonds is 5. The molecule has 0 amide bonds. The highest BCUT2D eigenvalue weighted by atomic mass is 79.9. The SMILES string of the molecule is COc1ccc(COCc2ccc3ccccc3c2Br)cc1. The Kier molecular flexibility index (Phi) is 4.76. The lowest BCUT2D eigenvalue weighted by molar-refractivity contribution is 0.107. The average Bonchev–Trinajstić information content (AvgIpc) is 2.58. The van der Waals surface area contributed by atoms with Crippen molar-refractivity contribution >= 4 is 26.7 Å². The summed E-state index contributed by atoms with van der Waals surface area (Å²) in [6.07, 6.45) is 0. The Morgan fingerprint density at radius 1 is 0.864 bits per heavy atom. The molecule has 0 N–H and O–H groups in total. The van der Waals surface area contributed by atoms with E-state index in [4.69, 9.17) is 9.47 Å². The topological polar surface area (TPSA) is 18.5 Å². The quantitative estimate of drug-likeness (QED) is 0.615. The molecular formula is C19H17BrO2. The number of methoxy groups -OCH3 is 1. The molecule has 0 aromatic heterocycles. The third-order valence-electron chi connectivity index (χ3n) is 3.63. The highest BCUT2D eigenvalue weighted by Gasteiger charge is 2.05. The molecule has 0 fully saturated rings. The van der Waals surface area contributed by atoms with E-state index < -0.39 is 0 Å². The van der Waals surface area contributed by atoms with Gasteiger partial charge < -0.3 is 9.47 Å². The molecule has 0 saturated carbocycles. The van der Waals surface area contributed by atoms with Crippen molar-refractivity contribution in [1.82, 2.24) is 0 Å². The van der Waals surface area contributed by atoms with Gasteiger partial charge in [-0.2, -0.15) is 0 Å². The standard InChI is InChI=1S/C19H17BrO2/c1-21-17-10-6-14(7-11-17)12-22-13-16-9-8-15-4-2-3-5-18(15)19(16)20/h2-11H,12-13H2,1H3. The fraction of sp³-hybridized carbons (Fsp3) is 0.158. The van der Waals surface area contributed by atoms with Crippen molar-refractivity contribution in [2.24, 2.45) is 0 Å². The Bertz CT molecular complexity index is 766. The van der Waals surface area contributed by atoms with Gasteiger partial charge in [-0.3, -0.25) is 0 Å². The molecule has 3 aromatic rings. The molecule has 3 rings (SSSR count). The average molecular weight is 357 g/mol. The molecule has 0 heterocycles. The molecule has 0 spiro atoms. The van der Waals surface area contributed by atoms with Gasteiger partial charge in [0.25, 0.3) is 0 Å². The van der Waals surface area contributed by atoms with Crippen LogP contribution in [0.3, 0.4) is 0 Å². The van der Waals surface area contributed by atoms with E-state index in [2.05, 4.69) is 52.3 Å². The maximum absolute atomic E-state index is 5.84. The van der Waals surface area contributed by atoms with Crippen molar-refractivity contribution in [2.45, 2.75) is 13.2 Å². The van der Waals surface area contributed by atoms with Gasteiger partial charge in [0.15, 0.2) is 0 Å².